The van der Waals surface area contributed by atoms with Gasteiger partial charge in [0.25, 0.3) is 0 Å². The van der Waals surface area contributed by atoms with Crippen molar-refractivity contribution in [2.75, 3.05) is 7.11 Å². The third kappa shape index (κ3) is 2.92. The molecule has 4 nitrogen and oxygen atoms in total. The summed E-state index contributed by atoms with van der Waals surface area (Å²) in [5.41, 5.74) is 1.57. The number of nitrogens with zero attached hydrogens (tertiary/aromatic N) is 1. The average molecular weight is 274 g/mol. The molecule has 0 spiro atoms. The molecule has 0 aromatic carbocycles. The predicted octanol–water partition coefficient (Wildman–Crippen LogP) is 2.22. The van der Waals surface area contributed by atoms with Crippen molar-refractivity contribution >= 4 is 21.9 Å². The van der Waals surface area contributed by atoms with Crippen molar-refractivity contribution in [3.8, 4) is 5.75 Å². The molecule has 1 heterocycles. The van der Waals surface area contributed by atoms with Crippen molar-refractivity contribution in [2.45, 2.75) is 20.5 Å². The maximum atomic E-state index is 10.7. The van der Waals surface area contributed by atoms with E-state index in [1.165, 1.54) is 6.92 Å². The molecule has 0 aliphatic rings. The molecule has 5 heteroatoms. The first-order valence-electron chi connectivity index (χ1n) is 4.37. The van der Waals surface area contributed by atoms with Crippen LogP contribution in [0.3, 0.4) is 0 Å². The lowest BCUT2D eigenvalue weighted by Gasteiger charge is -2.10. The van der Waals surface area contributed by atoms with Gasteiger partial charge in [0.15, 0.2) is 0 Å². The topological polar surface area (TPSA) is 48.4 Å². The van der Waals surface area contributed by atoms with Crippen LogP contribution in [-0.4, -0.2) is 18.1 Å². The van der Waals surface area contributed by atoms with Crippen LogP contribution in [0.15, 0.2) is 10.7 Å². The Hall–Kier alpha value is -1.10. The number of methoxy groups -OCH3 is 1. The van der Waals surface area contributed by atoms with E-state index in [0.29, 0.717) is 11.4 Å². The van der Waals surface area contributed by atoms with Crippen LogP contribution in [0.5, 0.6) is 5.75 Å². The third-order valence-electron chi connectivity index (χ3n) is 1.94. The fraction of sp³-hybridized carbons (Fsp3) is 0.400. The van der Waals surface area contributed by atoms with Crippen LogP contribution >= 0.6 is 15.9 Å². The van der Waals surface area contributed by atoms with Gasteiger partial charge in [0.05, 0.1) is 17.3 Å². The van der Waals surface area contributed by atoms with Gasteiger partial charge in [-0.2, -0.15) is 0 Å². The summed E-state index contributed by atoms with van der Waals surface area (Å²) in [6.45, 7) is 3.41. The summed E-state index contributed by atoms with van der Waals surface area (Å²) in [4.78, 5) is 14.8. The summed E-state index contributed by atoms with van der Waals surface area (Å²) in [5, 5.41) is 0. The molecule has 82 valence electrons. The normalized spacial score (nSPS) is 9.87. The SMILES string of the molecule is COc1c(Br)cnc(COC(C)=O)c1C. The smallest absolute Gasteiger partial charge is 0.303 e. The molecular weight excluding hydrogens is 262 g/mol. The van der Waals surface area contributed by atoms with Crippen LogP contribution in [0.4, 0.5) is 0 Å². The van der Waals surface area contributed by atoms with Gasteiger partial charge in [0, 0.05) is 18.7 Å². The molecule has 1 aromatic heterocycles. The first-order valence-corrected chi connectivity index (χ1v) is 5.17. The monoisotopic (exact) mass is 273 g/mol. The molecule has 0 saturated heterocycles. The van der Waals surface area contributed by atoms with Crippen molar-refractivity contribution in [3.63, 3.8) is 0 Å². The maximum absolute atomic E-state index is 10.7. The van der Waals surface area contributed by atoms with Crippen LogP contribution in [0, 0.1) is 6.92 Å². The van der Waals surface area contributed by atoms with Crippen molar-refractivity contribution in [1.29, 1.82) is 0 Å². The van der Waals surface area contributed by atoms with Crippen LogP contribution in [-0.2, 0) is 16.1 Å². The van der Waals surface area contributed by atoms with Crippen LogP contribution in [0.1, 0.15) is 18.2 Å². The zero-order valence-corrected chi connectivity index (χ0v) is 10.4. The van der Waals surface area contributed by atoms with Crippen molar-refractivity contribution in [3.05, 3.63) is 21.9 Å². The first kappa shape index (κ1) is 12.0. The average Bonchev–Trinajstić information content (AvgIpc) is 2.17. The van der Waals surface area contributed by atoms with E-state index < -0.39 is 0 Å². The van der Waals surface area contributed by atoms with Gasteiger partial charge in [-0.25, -0.2) is 0 Å². The molecule has 0 unspecified atom stereocenters. The van der Waals surface area contributed by atoms with E-state index in [-0.39, 0.29) is 12.6 Å². The number of rotatable bonds is 3. The molecule has 0 radical (unpaired) electrons. The highest BCUT2D eigenvalue weighted by Crippen LogP contribution is 2.29. The highest BCUT2D eigenvalue weighted by Gasteiger charge is 2.10. The molecule has 0 fully saturated rings. The summed E-state index contributed by atoms with van der Waals surface area (Å²) in [7, 11) is 1.59. The molecule has 0 saturated carbocycles. The number of halogens is 1. The largest absolute Gasteiger partial charge is 0.495 e. The second kappa shape index (κ2) is 5.11. The van der Waals surface area contributed by atoms with E-state index in [1.807, 2.05) is 6.92 Å². The molecule has 1 rings (SSSR count). The first-order chi connectivity index (χ1) is 7.06. The van der Waals surface area contributed by atoms with E-state index in [9.17, 15) is 4.79 Å². The molecule has 1 aromatic rings. The molecule has 15 heavy (non-hydrogen) atoms. The number of ether oxygens (including phenoxy) is 2. The number of carbonyl (C=O) groups is 1. The second-order valence-corrected chi connectivity index (χ2v) is 3.85. The number of hydrogen-bond donors (Lipinski definition) is 0. The Bertz CT molecular complexity index is 379. The van der Waals surface area contributed by atoms with Gasteiger partial charge >= 0.3 is 5.97 Å². The van der Waals surface area contributed by atoms with E-state index in [2.05, 4.69) is 20.9 Å². The zero-order valence-electron chi connectivity index (χ0n) is 8.83. The summed E-state index contributed by atoms with van der Waals surface area (Å²) in [6, 6.07) is 0. The molecule has 0 aliphatic heterocycles. The fourth-order valence-corrected chi connectivity index (χ4v) is 1.73. The number of pyridine rings is 1. The minimum absolute atomic E-state index is 0.171. The molecular formula is C10H12BrNO3. The molecule has 0 N–H and O–H groups in total. The second-order valence-electron chi connectivity index (χ2n) is 2.99. The lowest BCUT2D eigenvalue weighted by Crippen LogP contribution is -2.04. The Morgan fingerprint density at radius 2 is 2.27 bits per heavy atom. The summed E-state index contributed by atoms with van der Waals surface area (Å²) in [6.07, 6.45) is 1.63. The van der Waals surface area contributed by atoms with Gasteiger partial charge in [0.1, 0.15) is 12.4 Å². The third-order valence-corrected chi connectivity index (χ3v) is 2.51. The molecule has 0 amide bonds. The Balaban J connectivity index is 2.94. The number of carbonyl (C=O) groups excluding carboxylic acids is 1. The summed E-state index contributed by atoms with van der Waals surface area (Å²) >= 11 is 3.33. The van der Waals surface area contributed by atoms with Crippen LogP contribution in [0.25, 0.3) is 0 Å². The van der Waals surface area contributed by atoms with Gasteiger partial charge in [-0.05, 0) is 22.9 Å². The summed E-state index contributed by atoms with van der Waals surface area (Å²) in [5.74, 6) is 0.394. The molecule has 0 aliphatic carbocycles. The standard InChI is InChI=1S/C10H12BrNO3/c1-6-9(5-15-7(2)13)12-4-8(11)10(6)14-3/h4H,5H2,1-3H3. The fourth-order valence-electron chi connectivity index (χ4n) is 1.17. The Labute approximate surface area is 96.7 Å². The number of aromatic nitrogens is 1. The van der Waals surface area contributed by atoms with Crippen LogP contribution in [0.2, 0.25) is 0 Å². The lowest BCUT2D eigenvalue weighted by molar-refractivity contribution is -0.142. The Morgan fingerprint density at radius 1 is 1.60 bits per heavy atom. The zero-order chi connectivity index (χ0) is 11.4. The number of hydrogen-bond acceptors (Lipinski definition) is 4. The van der Waals surface area contributed by atoms with Crippen LogP contribution < -0.4 is 4.74 Å². The van der Waals surface area contributed by atoms with E-state index in [4.69, 9.17) is 9.47 Å². The van der Waals surface area contributed by atoms with E-state index in [1.54, 1.807) is 13.3 Å². The van der Waals surface area contributed by atoms with E-state index >= 15 is 0 Å². The van der Waals surface area contributed by atoms with Crippen molar-refractivity contribution in [2.24, 2.45) is 0 Å². The minimum atomic E-state index is -0.321. The van der Waals surface area contributed by atoms with Crippen molar-refractivity contribution in [1.82, 2.24) is 4.98 Å². The van der Waals surface area contributed by atoms with E-state index in [0.717, 1.165) is 10.0 Å². The van der Waals surface area contributed by atoms with Gasteiger partial charge in [-0.1, -0.05) is 0 Å². The van der Waals surface area contributed by atoms with Gasteiger partial charge in [-0.3, -0.25) is 9.78 Å². The minimum Gasteiger partial charge on any atom is -0.495 e. The Morgan fingerprint density at radius 3 is 2.80 bits per heavy atom. The number of esters is 1. The Kier molecular flexibility index (Phi) is 4.08. The molecule has 0 atom stereocenters. The maximum Gasteiger partial charge on any atom is 0.303 e. The summed E-state index contributed by atoms with van der Waals surface area (Å²) < 4.78 is 10.9. The quantitative estimate of drug-likeness (QED) is 0.793. The predicted molar refractivity (Wildman–Crippen MR) is 58.7 cm³/mol. The van der Waals surface area contributed by atoms with Crippen molar-refractivity contribution < 1.29 is 14.3 Å². The highest BCUT2D eigenvalue weighted by atomic mass is 79.9. The molecule has 0 bridgehead atoms. The van der Waals surface area contributed by atoms with Gasteiger partial charge in [0.2, 0.25) is 0 Å². The van der Waals surface area contributed by atoms with Gasteiger partial charge in [-0.15, -0.1) is 0 Å². The lowest BCUT2D eigenvalue weighted by atomic mass is 10.2. The van der Waals surface area contributed by atoms with Gasteiger partial charge < -0.3 is 9.47 Å². The highest BCUT2D eigenvalue weighted by molar-refractivity contribution is 9.10.